The van der Waals surface area contributed by atoms with Crippen molar-refractivity contribution in [2.45, 2.75) is 19.3 Å². The standard InChI is InChI=1S/C20H19BrN6OS/c1-27(2)20(28)10-3-4-12-16(6-10)29-19-17(12)18(22-9-23-19)25-15-5-11-8-24-26-14(11)7-13(15)21/h5,7-10H,3-4,6H2,1-2H3,(H,24,26)(H,22,23,25)/t10-/m0/s1. The summed E-state index contributed by atoms with van der Waals surface area (Å²) in [6.07, 6.45) is 5.89. The third-order valence-electron chi connectivity index (χ3n) is 5.42. The van der Waals surface area contributed by atoms with E-state index < -0.39 is 0 Å². The Morgan fingerprint density at radius 3 is 3.03 bits per heavy atom. The van der Waals surface area contributed by atoms with Crippen molar-refractivity contribution in [1.82, 2.24) is 25.1 Å². The van der Waals surface area contributed by atoms with Crippen LogP contribution in [0.4, 0.5) is 11.5 Å². The molecular formula is C20H19BrN6OS. The number of anilines is 2. The Morgan fingerprint density at radius 1 is 1.34 bits per heavy atom. The van der Waals surface area contributed by atoms with Gasteiger partial charge < -0.3 is 10.2 Å². The molecule has 29 heavy (non-hydrogen) atoms. The maximum absolute atomic E-state index is 12.4. The Balaban J connectivity index is 1.54. The fraction of sp³-hybridized carbons (Fsp3) is 0.300. The molecule has 4 aromatic rings. The summed E-state index contributed by atoms with van der Waals surface area (Å²) in [6, 6.07) is 4.05. The van der Waals surface area contributed by atoms with E-state index in [9.17, 15) is 4.79 Å². The number of H-pyrrole nitrogens is 1. The van der Waals surface area contributed by atoms with Crippen LogP contribution in [0.2, 0.25) is 0 Å². The molecule has 0 radical (unpaired) electrons. The lowest BCUT2D eigenvalue weighted by atomic mass is 9.87. The number of carbonyl (C=O) groups excluding carboxylic acids is 1. The van der Waals surface area contributed by atoms with Crippen LogP contribution in [0.5, 0.6) is 0 Å². The van der Waals surface area contributed by atoms with Gasteiger partial charge in [0.1, 0.15) is 17.0 Å². The summed E-state index contributed by atoms with van der Waals surface area (Å²) in [4.78, 5) is 25.4. The fourth-order valence-corrected chi connectivity index (χ4v) is 5.68. The molecule has 9 heteroatoms. The first kappa shape index (κ1) is 18.5. The van der Waals surface area contributed by atoms with Crippen LogP contribution in [0.3, 0.4) is 0 Å². The molecule has 3 aromatic heterocycles. The zero-order chi connectivity index (χ0) is 20.1. The van der Waals surface area contributed by atoms with Crippen LogP contribution >= 0.6 is 27.3 Å². The molecule has 1 aromatic carbocycles. The van der Waals surface area contributed by atoms with E-state index in [4.69, 9.17) is 0 Å². The molecule has 0 saturated carbocycles. The summed E-state index contributed by atoms with van der Waals surface area (Å²) in [5, 5.41) is 12.6. The van der Waals surface area contributed by atoms with Gasteiger partial charge >= 0.3 is 0 Å². The monoisotopic (exact) mass is 470 g/mol. The van der Waals surface area contributed by atoms with Gasteiger partial charge in [0.25, 0.3) is 0 Å². The minimum absolute atomic E-state index is 0.0487. The van der Waals surface area contributed by atoms with Gasteiger partial charge in [0.2, 0.25) is 5.91 Å². The number of rotatable bonds is 3. The van der Waals surface area contributed by atoms with Crippen LogP contribution in [-0.2, 0) is 17.6 Å². The number of carbonyl (C=O) groups is 1. The van der Waals surface area contributed by atoms with E-state index in [1.807, 2.05) is 26.2 Å². The summed E-state index contributed by atoms with van der Waals surface area (Å²) < 4.78 is 0.932. The topological polar surface area (TPSA) is 86.8 Å². The third-order valence-corrected chi connectivity index (χ3v) is 7.23. The van der Waals surface area contributed by atoms with Crippen LogP contribution in [0.1, 0.15) is 16.9 Å². The first-order valence-corrected chi connectivity index (χ1v) is 11.0. The van der Waals surface area contributed by atoms with Crippen molar-refractivity contribution in [3.05, 3.63) is 39.6 Å². The number of nitrogens with zero attached hydrogens (tertiary/aromatic N) is 4. The van der Waals surface area contributed by atoms with Crippen molar-refractivity contribution < 1.29 is 4.79 Å². The maximum atomic E-state index is 12.4. The van der Waals surface area contributed by atoms with Crippen LogP contribution < -0.4 is 5.32 Å². The molecule has 148 valence electrons. The van der Waals surface area contributed by atoms with Gasteiger partial charge in [-0.25, -0.2) is 9.97 Å². The van der Waals surface area contributed by atoms with E-state index in [-0.39, 0.29) is 11.8 Å². The Hall–Kier alpha value is -2.52. The number of aryl methyl sites for hydroxylation is 1. The van der Waals surface area contributed by atoms with E-state index in [2.05, 4.69) is 41.4 Å². The minimum Gasteiger partial charge on any atom is -0.349 e. The lowest BCUT2D eigenvalue weighted by Gasteiger charge is -2.24. The van der Waals surface area contributed by atoms with E-state index in [0.717, 1.165) is 56.4 Å². The van der Waals surface area contributed by atoms with E-state index >= 15 is 0 Å². The average Bonchev–Trinajstić information content (AvgIpc) is 3.30. The van der Waals surface area contributed by atoms with Gasteiger partial charge in [-0.05, 0) is 52.9 Å². The summed E-state index contributed by atoms with van der Waals surface area (Å²) in [5.41, 5.74) is 3.17. The Labute approximate surface area is 179 Å². The molecular weight excluding hydrogens is 452 g/mol. The van der Waals surface area contributed by atoms with Gasteiger partial charge in [0.05, 0.1) is 22.8 Å². The molecule has 0 spiro atoms. The number of amides is 1. The number of aromatic amines is 1. The number of hydrogen-bond acceptors (Lipinski definition) is 6. The second-order valence-electron chi connectivity index (χ2n) is 7.49. The predicted molar refractivity (Wildman–Crippen MR) is 119 cm³/mol. The molecule has 3 heterocycles. The second kappa shape index (κ2) is 7.07. The molecule has 1 aliphatic rings. The third kappa shape index (κ3) is 3.18. The quantitative estimate of drug-likeness (QED) is 0.466. The zero-order valence-electron chi connectivity index (χ0n) is 16.0. The smallest absolute Gasteiger partial charge is 0.225 e. The molecule has 1 atom stereocenters. The van der Waals surface area contributed by atoms with Crippen molar-refractivity contribution in [2.75, 3.05) is 19.4 Å². The second-order valence-corrected chi connectivity index (χ2v) is 9.43. The van der Waals surface area contributed by atoms with Gasteiger partial charge in [-0.3, -0.25) is 9.89 Å². The number of halogens is 1. The highest BCUT2D eigenvalue weighted by atomic mass is 79.9. The lowest BCUT2D eigenvalue weighted by molar-refractivity contribution is -0.133. The van der Waals surface area contributed by atoms with Crippen molar-refractivity contribution in [1.29, 1.82) is 0 Å². The average molecular weight is 471 g/mol. The number of hydrogen-bond donors (Lipinski definition) is 2. The Morgan fingerprint density at radius 2 is 2.21 bits per heavy atom. The normalized spacial score (nSPS) is 16.2. The fourth-order valence-electron chi connectivity index (χ4n) is 3.97. The lowest BCUT2D eigenvalue weighted by Crippen LogP contribution is -2.32. The Kier molecular flexibility index (Phi) is 4.51. The zero-order valence-corrected chi connectivity index (χ0v) is 18.4. The molecule has 1 aliphatic carbocycles. The van der Waals surface area contributed by atoms with Gasteiger partial charge in [0.15, 0.2) is 0 Å². The van der Waals surface area contributed by atoms with E-state index in [0.29, 0.717) is 0 Å². The summed E-state index contributed by atoms with van der Waals surface area (Å²) in [7, 11) is 3.65. The highest BCUT2D eigenvalue weighted by Gasteiger charge is 2.29. The molecule has 0 fully saturated rings. The summed E-state index contributed by atoms with van der Waals surface area (Å²) in [5.74, 6) is 1.05. The first-order chi connectivity index (χ1) is 14.0. The number of benzene rings is 1. The molecule has 1 amide bonds. The Bertz CT molecular complexity index is 1250. The van der Waals surface area contributed by atoms with Crippen LogP contribution in [-0.4, -0.2) is 45.1 Å². The van der Waals surface area contributed by atoms with Crippen molar-refractivity contribution in [3.8, 4) is 0 Å². The van der Waals surface area contributed by atoms with E-state index in [1.165, 1.54) is 10.4 Å². The SMILES string of the molecule is CN(C)C(=O)[C@H]1CCc2c(sc3ncnc(Nc4cc5cn[nH]c5cc4Br)c23)C1. The number of aromatic nitrogens is 4. The highest BCUT2D eigenvalue weighted by Crippen LogP contribution is 2.41. The van der Waals surface area contributed by atoms with Gasteiger partial charge in [-0.1, -0.05) is 0 Å². The largest absolute Gasteiger partial charge is 0.349 e. The van der Waals surface area contributed by atoms with Crippen LogP contribution in [0, 0.1) is 5.92 Å². The van der Waals surface area contributed by atoms with Crippen molar-refractivity contribution >= 4 is 65.8 Å². The molecule has 0 saturated heterocycles. The van der Waals surface area contributed by atoms with Crippen molar-refractivity contribution in [3.63, 3.8) is 0 Å². The summed E-state index contributed by atoms with van der Waals surface area (Å²) in [6.45, 7) is 0. The first-order valence-electron chi connectivity index (χ1n) is 9.37. The molecule has 7 nitrogen and oxygen atoms in total. The number of nitrogens with one attached hydrogen (secondary N) is 2. The van der Waals surface area contributed by atoms with Gasteiger partial charge in [0, 0.05) is 34.7 Å². The van der Waals surface area contributed by atoms with Gasteiger partial charge in [-0.15, -0.1) is 11.3 Å². The number of fused-ring (bicyclic) bond motifs is 4. The van der Waals surface area contributed by atoms with Crippen LogP contribution in [0.15, 0.2) is 29.1 Å². The molecule has 0 bridgehead atoms. The van der Waals surface area contributed by atoms with Crippen LogP contribution in [0.25, 0.3) is 21.1 Å². The van der Waals surface area contributed by atoms with Gasteiger partial charge in [-0.2, -0.15) is 5.10 Å². The molecule has 2 N–H and O–H groups in total. The molecule has 5 rings (SSSR count). The molecule has 0 aliphatic heterocycles. The summed E-state index contributed by atoms with van der Waals surface area (Å²) >= 11 is 5.31. The maximum Gasteiger partial charge on any atom is 0.225 e. The van der Waals surface area contributed by atoms with E-state index in [1.54, 1.807) is 28.8 Å². The molecule has 0 unspecified atom stereocenters. The highest BCUT2D eigenvalue weighted by molar-refractivity contribution is 9.10. The predicted octanol–water partition coefficient (Wildman–Crippen LogP) is 4.27. The van der Waals surface area contributed by atoms with Crippen molar-refractivity contribution in [2.24, 2.45) is 5.92 Å². The minimum atomic E-state index is 0.0487. The number of thiophene rings is 1.